The van der Waals surface area contributed by atoms with Crippen molar-refractivity contribution in [1.29, 1.82) is 0 Å². The number of carbonyl (C=O) groups is 1. The Balaban J connectivity index is 1.29. The molecule has 1 fully saturated rings. The number of likely N-dealkylation sites (tertiary alicyclic amines) is 1. The zero-order valence-corrected chi connectivity index (χ0v) is 16.9. The van der Waals surface area contributed by atoms with Crippen LogP contribution in [0.1, 0.15) is 41.2 Å². The first-order chi connectivity index (χ1) is 13.6. The normalized spacial score (nSPS) is 15.8. The first-order valence-electron chi connectivity index (χ1n) is 9.55. The number of fused-ring (bicyclic) bond motifs is 1. The Morgan fingerprint density at radius 3 is 3.00 bits per heavy atom. The summed E-state index contributed by atoms with van der Waals surface area (Å²) in [5.74, 6) is 0.842. The van der Waals surface area contributed by atoms with Crippen molar-refractivity contribution in [2.24, 2.45) is 0 Å². The van der Waals surface area contributed by atoms with Gasteiger partial charge in [-0.15, -0.1) is 11.3 Å². The molecule has 0 aliphatic carbocycles. The van der Waals surface area contributed by atoms with Gasteiger partial charge in [-0.2, -0.15) is 0 Å². The van der Waals surface area contributed by atoms with Gasteiger partial charge in [0.05, 0.1) is 15.2 Å². The lowest BCUT2D eigenvalue weighted by atomic mass is 10.3. The van der Waals surface area contributed by atoms with Crippen LogP contribution in [0.25, 0.3) is 10.2 Å². The number of nitrogens with zero attached hydrogens (tertiary/aromatic N) is 3. The molecule has 0 bridgehead atoms. The van der Waals surface area contributed by atoms with E-state index in [9.17, 15) is 4.79 Å². The maximum atomic E-state index is 12.3. The monoisotopic (exact) mass is 400 g/mol. The van der Waals surface area contributed by atoms with Crippen molar-refractivity contribution < 1.29 is 13.9 Å². The zero-order valence-electron chi connectivity index (χ0n) is 16.1. The van der Waals surface area contributed by atoms with Crippen molar-refractivity contribution >= 4 is 27.5 Å². The molecular weight excluding hydrogens is 376 g/mol. The highest BCUT2D eigenvalue weighted by atomic mass is 32.1. The van der Waals surface area contributed by atoms with Gasteiger partial charge in [0, 0.05) is 18.7 Å². The number of hydrogen-bond acceptors (Lipinski definition) is 7. The molecule has 4 rings (SSSR count). The van der Waals surface area contributed by atoms with Crippen LogP contribution >= 0.6 is 11.3 Å². The van der Waals surface area contributed by atoms with Crippen LogP contribution in [-0.4, -0.2) is 46.5 Å². The Morgan fingerprint density at radius 1 is 1.36 bits per heavy atom. The minimum atomic E-state index is -0.222. The summed E-state index contributed by atoms with van der Waals surface area (Å²) in [7, 11) is 0. The quantitative estimate of drug-likeness (QED) is 0.655. The molecule has 1 aliphatic rings. The number of oxazole rings is 1. The third-order valence-corrected chi connectivity index (χ3v) is 5.89. The average molecular weight is 401 g/mol. The van der Waals surface area contributed by atoms with E-state index in [4.69, 9.17) is 9.15 Å². The van der Waals surface area contributed by atoms with Crippen molar-refractivity contribution in [1.82, 2.24) is 20.2 Å². The summed E-state index contributed by atoms with van der Waals surface area (Å²) in [6.45, 7) is 7.09. The Labute approximate surface area is 167 Å². The SMILES string of the molecule is Cc1nc2cc(OCc3nc(C(=O)NCC(C)N4CCCC4)co3)ccc2s1. The molecule has 1 aromatic carbocycles. The number of hydrogen-bond donors (Lipinski definition) is 1. The fraction of sp³-hybridized carbons (Fsp3) is 0.450. The summed E-state index contributed by atoms with van der Waals surface area (Å²) in [5.41, 5.74) is 1.19. The topological polar surface area (TPSA) is 80.5 Å². The molecule has 1 N–H and O–H groups in total. The van der Waals surface area contributed by atoms with E-state index in [0.29, 0.717) is 24.2 Å². The number of rotatable bonds is 7. The Kier molecular flexibility index (Phi) is 5.59. The standard InChI is InChI=1S/C20H24N4O3S/c1-13(24-7-3-4-8-24)10-21-20(25)17-11-27-19(23-17)12-26-15-5-6-18-16(9-15)22-14(2)28-18/h5-6,9,11,13H,3-4,7-8,10,12H2,1-2H3,(H,21,25). The minimum absolute atomic E-state index is 0.159. The van der Waals surface area contributed by atoms with Gasteiger partial charge >= 0.3 is 0 Å². The van der Waals surface area contributed by atoms with Crippen molar-refractivity contribution in [2.45, 2.75) is 39.3 Å². The number of aryl methyl sites for hydroxylation is 1. The van der Waals surface area contributed by atoms with E-state index >= 15 is 0 Å². The van der Waals surface area contributed by atoms with E-state index in [1.54, 1.807) is 11.3 Å². The molecule has 8 heteroatoms. The predicted octanol–water partition coefficient (Wildman–Crippen LogP) is 3.39. The number of ether oxygens (including phenoxy) is 1. The number of aromatic nitrogens is 2. The third-order valence-electron chi connectivity index (χ3n) is 4.93. The second-order valence-electron chi connectivity index (χ2n) is 7.08. The van der Waals surface area contributed by atoms with Gasteiger partial charge in [-0.25, -0.2) is 9.97 Å². The minimum Gasteiger partial charge on any atom is -0.484 e. The fourth-order valence-electron chi connectivity index (χ4n) is 3.38. The smallest absolute Gasteiger partial charge is 0.273 e. The molecular formula is C20H24N4O3S. The molecule has 1 atom stereocenters. The number of benzene rings is 1. The second kappa shape index (κ2) is 8.28. The van der Waals surface area contributed by atoms with Crippen LogP contribution in [-0.2, 0) is 6.61 Å². The highest BCUT2D eigenvalue weighted by molar-refractivity contribution is 7.18. The molecule has 0 spiro atoms. The van der Waals surface area contributed by atoms with Gasteiger partial charge in [0.1, 0.15) is 12.0 Å². The van der Waals surface area contributed by atoms with Crippen LogP contribution in [0.3, 0.4) is 0 Å². The molecule has 1 unspecified atom stereocenters. The lowest BCUT2D eigenvalue weighted by Gasteiger charge is -2.23. The summed E-state index contributed by atoms with van der Waals surface area (Å²) in [6, 6.07) is 6.11. The van der Waals surface area contributed by atoms with Crippen LogP contribution in [0.2, 0.25) is 0 Å². The van der Waals surface area contributed by atoms with Gasteiger partial charge in [-0.1, -0.05) is 0 Å². The van der Waals surface area contributed by atoms with Crippen molar-refractivity contribution in [3.63, 3.8) is 0 Å². The molecule has 1 saturated heterocycles. The predicted molar refractivity (Wildman–Crippen MR) is 108 cm³/mol. The van der Waals surface area contributed by atoms with Crippen molar-refractivity contribution in [3.8, 4) is 5.75 Å². The molecule has 3 aromatic rings. The van der Waals surface area contributed by atoms with Crippen molar-refractivity contribution in [3.05, 3.63) is 41.1 Å². The molecule has 148 valence electrons. The number of carbonyl (C=O) groups excluding carboxylic acids is 1. The molecule has 1 aliphatic heterocycles. The Morgan fingerprint density at radius 2 is 2.18 bits per heavy atom. The highest BCUT2D eigenvalue weighted by Gasteiger charge is 2.19. The zero-order chi connectivity index (χ0) is 19.5. The van der Waals surface area contributed by atoms with E-state index in [0.717, 1.165) is 28.3 Å². The van der Waals surface area contributed by atoms with Crippen LogP contribution in [0.15, 0.2) is 28.9 Å². The summed E-state index contributed by atoms with van der Waals surface area (Å²) in [6.07, 6.45) is 3.85. The Hall–Kier alpha value is -2.45. The molecule has 7 nitrogen and oxygen atoms in total. The first-order valence-corrected chi connectivity index (χ1v) is 10.4. The first kappa shape index (κ1) is 18.9. The van der Waals surface area contributed by atoms with Crippen molar-refractivity contribution in [2.75, 3.05) is 19.6 Å². The van der Waals surface area contributed by atoms with E-state index in [2.05, 4.69) is 27.1 Å². The molecule has 3 heterocycles. The molecule has 0 saturated carbocycles. The maximum absolute atomic E-state index is 12.3. The average Bonchev–Trinajstić information content (AvgIpc) is 3.43. The van der Waals surface area contributed by atoms with Crippen LogP contribution < -0.4 is 10.1 Å². The molecule has 1 amide bonds. The van der Waals surface area contributed by atoms with Crippen LogP contribution in [0.5, 0.6) is 5.75 Å². The lowest BCUT2D eigenvalue weighted by Crippen LogP contribution is -2.40. The summed E-state index contributed by atoms with van der Waals surface area (Å²) in [5, 5.41) is 3.96. The number of amides is 1. The highest BCUT2D eigenvalue weighted by Crippen LogP contribution is 2.26. The summed E-state index contributed by atoms with van der Waals surface area (Å²) >= 11 is 1.65. The van der Waals surface area contributed by atoms with E-state index in [1.807, 2.05) is 25.1 Å². The number of nitrogens with one attached hydrogen (secondary N) is 1. The van der Waals surface area contributed by atoms with Gasteiger partial charge in [0.2, 0.25) is 5.89 Å². The third kappa shape index (κ3) is 4.34. The van der Waals surface area contributed by atoms with Gasteiger partial charge in [0.15, 0.2) is 12.3 Å². The molecule has 2 aromatic heterocycles. The van der Waals surface area contributed by atoms with E-state index < -0.39 is 0 Å². The Bertz CT molecular complexity index is 961. The van der Waals surface area contributed by atoms with Crippen LogP contribution in [0.4, 0.5) is 0 Å². The van der Waals surface area contributed by atoms with E-state index in [-0.39, 0.29) is 18.2 Å². The lowest BCUT2D eigenvalue weighted by molar-refractivity contribution is 0.0935. The summed E-state index contributed by atoms with van der Waals surface area (Å²) < 4.78 is 12.3. The van der Waals surface area contributed by atoms with Gasteiger partial charge in [0.25, 0.3) is 5.91 Å². The summed E-state index contributed by atoms with van der Waals surface area (Å²) in [4.78, 5) is 23.4. The van der Waals surface area contributed by atoms with Crippen LogP contribution in [0, 0.1) is 6.92 Å². The van der Waals surface area contributed by atoms with Gasteiger partial charge in [-0.05, 0) is 51.9 Å². The maximum Gasteiger partial charge on any atom is 0.273 e. The fourth-order valence-corrected chi connectivity index (χ4v) is 4.19. The molecule has 28 heavy (non-hydrogen) atoms. The van der Waals surface area contributed by atoms with Gasteiger partial charge < -0.3 is 14.5 Å². The van der Waals surface area contributed by atoms with E-state index in [1.165, 1.54) is 19.1 Å². The second-order valence-corrected chi connectivity index (χ2v) is 8.31. The largest absolute Gasteiger partial charge is 0.484 e. The number of thiazole rings is 1. The van der Waals surface area contributed by atoms with Gasteiger partial charge in [-0.3, -0.25) is 9.69 Å². The molecule has 0 radical (unpaired) electrons.